The molecule has 0 spiro atoms. The van der Waals surface area contributed by atoms with Crippen molar-refractivity contribution in [2.75, 3.05) is 20.3 Å². The zero-order chi connectivity index (χ0) is 11.3. The zero-order valence-corrected chi connectivity index (χ0v) is 9.93. The molecule has 1 saturated carbocycles. The van der Waals surface area contributed by atoms with Gasteiger partial charge in [0.15, 0.2) is 0 Å². The van der Waals surface area contributed by atoms with E-state index < -0.39 is 0 Å². The normalized spacial score (nSPS) is 16.5. The molecule has 0 aromatic rings. The molecule has 0 saturated heterocycles. The predicted octanol–water partition coefficient (Wildman–Crippen LogP) is 0.670. The molecular formula is C11H22N2O2. The number of amides is 1. The Morgan fingerprint density at radius 3 is 2.67 bits per heavy atom. The van der Waals surface area contributed by atoms with E-state index in [-0.39, 0.29) is 11.4 Å². The van der Waals surface area contributed by atoms with Gasteiger partial charge in [0.25, 0.3) is 0 Å². The fraction of sp³-hybridized carbons (Fsp3) is 0.909. The van der Waals surface area contributed by atoms with Crippen LogP contribution >= 0.6 is 0 Å². The van der Waals surface area contributed by atoms with E-state index in [0.717, 1.165) is 6.54 Å². The summed E-state index contributed by atoms with van der Waals surface area (Å²) in [6.45, 7) is 5.24. The summed E-state index contributed by atoms with van der Waals surface area (Å²) in [4.78, 5) is 11.5. The Balaban J connectivity index is 2.10. The Bertz CT molecular complexity index is 213. The van der Waals surface area contributed by atoms with E-state index in [2.05, 4.69) is 10.6 Å². The van der Waals surface area contributed by atoms with Crippen molar-refractivity contribution in [2.24, 2.45) is 0 Å². The molecule has 1 aliphatic carbocycles. The maximum atomic E-state index is 11.5. The maximum Gasteiger partial charge on any atom is 0.221 e. The van der Waals surface area contributed by atoms with Gasteiger partial charge in [-0.25, -0.2) is 0 Å². The summed E-state index contributed by atoms with van der Waals surface area (Å²) in [6, 6.07) is 0.671. The zero-order valence-electron chi connectivity index (χ0n) is 9.93. The number of methoxy groups -OCH3 is 1. The predicted molar refractivity (Wildman–Crippen MR) is 59.7 cm³/mol. The largest absolute Gasteiger partial charge is 0.382 e. The standard InChI is InChI=1S/C11H22N2O2/c1-11(2,8-15-3)13-10(14)6-7-12-9-4-5-9/h9,12H,4-8H2,1-3H3,(H,13,14). The van der Waals surface area contributed by atoms with Crippen molar-refractivity contribution < 1.29 is 9.53 Å². The highest BCUT2D eigenvalue weighted by Crippen LogP contribution is 2.18. The Morgan fingerprint density at radius 2 is 2.13 bits per heavy atom. The monoisotopic (exact) mass is 214 g/mol. The van der Waals surface area contributed by atoms with E-state index in [0.29, 0.717) is 19.1 Å². The molecule has 0 heterocycles. The lowest BCUT2D eigenvalue weighted by Crippen LogP contribution is -2.47. The van der Waals surface area contributed by atoms with Crippen LogP contribution in [-0.2, 0) is 9.53 Å². The van der Waals surface area contributed by atoms with Crippen LogP contribution < -0.4 is 10.6 Å². The summed E-state index contributed by atoms with van der Waals surface area (Å²) < 4.78 is 5.03. The molecule has 15 heavy (non-hydrogen) atoms. The molecule has 0 bridgehead atoms. The van der Waals surface area contributed by atoms with Crippen LogP contribution in [0, 0.1) is 0 Å². The van der Waals surface area contributed by atoms with Gasteiger partial charge in [-0.3, -0.25) is 4.79 Å². The molecule has 1 rings (SSSR count). The minimum Gasteiger partial charge on any atom is -0.382 e. The number of carbonyl (C=O) groups excluding carboxylic acids is 1. The molecular weight excluding hydrogens is 192 g/mol. The van der Waals surface area contributed by atoms with Gasteiger partial charge >= 0.3 is 0 Å². The van der Waals surface area contributed by atoms with Crippen LogP contribution in [0.1, 0.15) is 33.1 Å². The number of carbonyl (C=O) groups is 1. The number of nitrogens with one attached hydrogen (secondary N) is 2. The summed E-state index contributed by atoms with van der Waals surface area (Å²) in [5, 5.41) is 6.26. The van der Waals surface area contributed by atoms with Gasteiger partial charge in [-0.2, -0.15) is 0 Å². The SMILES string of the molecule is COCC(C)(C)NC(=O)CCNC1CC1. The van der Waals surface area contributed by atoms with E-state index in [1.807, 2.05) is 13.8 Å². The van der Waals surface area contributed by atoms with Gasteiger partial charge in [0.1, 0.15) is 0 Å². The summed E-state index contributed by atoms with van der Waals surface area (Å²) >= 11 is 0. The average molecular weight is 214 g/mol. The topological polar surface area (TPSA) is 50.4 Å². The molecule has 0 aromatic carbocycles. The third-order valence-electron chi connectivity index (χ3n) is 2.35. The highest BCUT2D eigenvalue weighted by atomic mass is 16.5. The molecule has 0 aromatic heterocycles. The minimum atomic E-state index is -0.272. The number of ether oxygens (including phenoxy) is 1. The molecule has 1 amide bonds. The Morgan fingerprint density at radius 1 is 1.47 bits per heavy atom. The molecule has 1 fully saturated rings. The Labute approximate surface area is 91.8 Å². The molecule has 88 valence electrons. The Hall–Kier alpha value is -0.610. The summed E-state index contributed by atoms with van der Waals surface area (Å²) in [6.07, 6.45) is 3.07. The second-order valence-corrected chi connectivity index (χ2v) is 4.84. The Kier molecular flexibility index (Phi) is 4.54. The van der Waals surface area contributed by atoms with E-state index >= 15 is 0 Å². The average Bonchev–Trinajstić information content (AvgIpc) is 2.86. The second-order valence-electron chi connectivity index (χ2n) is 4.84. The quantitative estimate of drug-likeness (QED) is 0.655. The van der Waals surface area contributed by atoms with Gasteiger partial charge in [-0.1, -0.05) is 0 Å². The van der Waals surface area contributed by atoms with Gasteiger partial charge in [0.2, 0.25) is 5.91 Å². The van der Waals surface area contributed by atoms with E-state index in [1.54, 1.807) is 7.11 Å². The highest BCUT2D eigenvalue weighted by molar-refractivity contribution is 5.76. The van der Waals surface area contributed by atoms with Crippen LogP contribution in [0.15, 0.2) is 0 Å². The third kappa shape index (κ3) is 5.74. The van der Waals surface area contributed by atoms with Gasteiger partial charge in [-0.15, -0.1) is 0 Å². The molecule has 0 aliphatic heterocycles. The van der Waals surface area contributed by atoms with Crippen molar-refractivity contribution in [3.05, 3.63) is 0 Å². The minimum absolute atomic E-state index is 0.0881. The van der Waals surface area contributed by atoms with E-state index in [9.17, 15) is 4.79 Å². The summed E-state index contributed by atoms with van der Waals surface area (Å²) in [5.74, 6) is 0.0881. The van der Waals surface area contributed by atoms with Crippen molar-refractivity contribution in [2.45, 2.75) is 44.7 Å². The first-order valence-electron chi connectivity index (χ1n) is 5.57. The molecule has 0 radical (unpaired) electrons. The van der Waals surface area contributed by atoms with E-state index in [4.69, 9.17) is 4.74 Å². The first kappa shape index (κ1) is 12.5. The van der Waals surface area contributed by atoms with Gasteiger partial charge < -0.3 is 15.4 Å². The first-order chi connectivity index (χ1) is 7.03. The molecule has 4 heteroatoms. The molecule has 0 unspecified atom stereocenters. The lowest BCUT2D eigenvalue weighted by atomic mass is 10.1. The number of hydrogen-bond acceptors (Lipinski definition) is 3. The highest BCUT2D eigenvalue weighted by Gasteiger charge is 2.22. The van der Waals surface area contributed by atoms with Crippen molar-refractivity contribution in [1.82, 2.24) is 10.6 Å². The lowest BCUT2D eigenvalue weighted by molar-refractivity contribution is -0.123. The van der Waals surface area contributed by atoms with Crippen molar-refractivity contribution in [1.29, 1.82) is 0 Å². The fourth-order valence-electron chi connectivity index (χ4n) is 1.51. The molecule has 0 atom stereocenters. The van der Waals surface area contributed by atoms with Crippen LogP contribution in [0.5, 0.6) is 0 Å². The van der Waals surface area contributed by atoms with Gasteiger partial charge in [-0.05, 0) is 26.7 Å². The first-order valence-corrected chi connectivity index (χ1v) is 5.57. The third-order valence-corrected chi connectivity index (χ3v) is 2.35. The molecule has 1 aliphatic rings. The van der Waals surface area contributed by atoms with Crippen molar-refractivity contribution >= 4 is 5.91 Å². The van der Waals surface area contributed by atoms with Crippen molar-refractivity contribution in [3.8, 4) is 0 Å². The second kappa shape index (κ2) is 5.47. The summed E-state index contributed by atoms with van der Waals surface area (Å²) in [5.41, 5.74) is -0.272. The van der Waals surface area contributed by atoms with Crippen LogP contribution in [0.3, 0.4) is 0 Å². The van der Waals surface area contributed by atoms with Crippen LogP contribution in [0.25, 0.3) is 0 Å². The fourth-order valence-corrected chi connectivity index (χ4v) is 1.51. The molecule has 2 N–H and O–H groups in total. The van der Waals surface area contributed by atoms with Gasteiger partial charge in [0, 0.05) is 26.1 Å². The number of rotatable bonds is 7. The molecule has 4 nitrogen and oxygen atoms in total. The smallest absolute Gasteiger partial charge is 0.221 e. The lowest BCUT2D eigenvalue weighted by Gasteiger charge is -2.25. The van der Waals surface area contributed by atoms with Crippen LogP contribution in [0.4, 0.5) is 0 Å². The van der Waals surface area contributed by atoms with Crippen LogP contribution in [-0.4, -0.2) is 37.7 Å². The van der Waals surface area contributed by atoms with Crippen LogP contribution in [0.2, 0.25) is 0 Å². The van der Waals surface area contributed by atoms with Crippen molar-refractivity contribution in [3.63, 3.8) is 0 Å². The number of hydrogen-bond donors (Lipinski definition) is 2. The summed E-state index contributed by atoms with van der Waals surface area (Å²) in [7, 11) is 1.64. The van der Waals surface area contributed by atoms with E-state index in [1.165, 1.54) is 12.8 Å². The van der Waals surface area contributed by atoms with Gasteiger partial charge in [0.05, 0.1) is 12.1 Å². The maximum absolute atomic E-state index is 11.5.